The Balaban J connectivity index is 2.60. The molecule has 82 valence electrons. The van der Waals surface area contributed by atoms with E-state index in [9.17, 15) is 9.90 Å². The second-order valence-corrected chi connectivity index (χ2v) is 3.23. The van der Waals surface area contributed by atoms with Crippen molar-refractivity contribution in [2.45, 2.75) is 6.61 Å². The fourth-order valence-electron chi connectivity index (χ4n) is 1.36. The van der Waals surface area contributed by atoms with Gasteiger partial charge in [-0.2, -0.15) is 0 Å². The zero-order chi connectivity index (χ0) is 11.5. The Morgan fingerprint density at radius 3 is 2.56 bits per heavy atom. The van der Waals surface area contributed by atoms with Gasteiger partial charge in [0.25, 0.3) is 5.56 Å². The summed E-state index contributed by atoms with van der Waals surface area (Å²) in [5, 5.41) is 18.2. The van der Waals surface area contributed by atoms with Crippen molar-refractivity contribution in [2.75, 3.05) is 0 Å². The van der Waals surface area contributed by atoms with Crippen LogP contribution in [0.1, 0.15) is 5.69 Å². The van der Waals surface area contributed by atoms with Crippen molar-refractivity contribution in [3.05, 3.63) is 46.4 Å². The van der Waals surface area contributed by atoms with Crippen LogP contribution in [0, 0.1) is 0 Å². The minimum absolute atomic E-state index is 0.0254. The highest BCUT2D eigenvalue weighted by Crippen LogP contribution is 2.16. The molecule has 16 heavy (non-hydrogen) atoms. The molecule has 0 aliphatic rings. The van der Waals surface area contributed by atoms with Crippen molar-refractivity contribution in [1.82, 2.24) is 9.97 Å². The molecule has 0 amide bonds. The standard InChI is InChI=1S/C11H10N2O3/c14-6-8-9(15)11(16)13-10(12-8)7-4-2-1-3-5-7/h1-5,14-15H,6H2,(H,12,13,16). The maximum absolute atomic E-state index is 11.3. The molecule has 0 aliphatic heterocycles. The Hall–Kier alpha value is -2.14. The highest BCUT2D eigenvalue weighted by Gasteiger charge is 2.09. The number of nitrogens with one attached hydrogen (secondary N) is 1. The topological polar surface area (TPSA) is 86.2 Å². The van der Waals surface area contributed by atoms with Crippen LogP contribution in [0.25, 0.3) is 11.4 Å². The van der Waals surface area contributed by atoms with Gasteiger partial charge in [0, 0.05) is 5.56 Å². The van der Waals surface area contributed by atoms with E-state index in [1.165, 1.54) is 0 Å². The van der Waals surface area contributed by atoms with E-state index in [-0.39, 0.29) is 5.69 Å². The average molecular weight is 218 g/mol. The highest BCUT2D eigenvalue weighted by molar-refractivity contribution is 5.55. The number of benzene rings is 1. The molecule has 0 saturated heterocycles. The highest BCUT2D eigenvalue weighted by atomic mass is 16.3. The third-order valence-electron chi connectivity index (χ3n) is 2.16. The van der Waals surface area contributed by atoms with Crippen LogP contribution in [0.15, 0.2) is 35.1 Å². The van der Waals surface area contributed by atoms with E-state index >= 15 is 0 Å². The van der Waals surface area contributed by atoms with Crippen molar-refractivity contribution in [1.29, 1.82) is 0 Å². The summed E-state index contributed by atoms with van der Waals surface area (Å²) < 4.78 is 0. The zero-order valence-corrected chi connectivity index (χ0v) is 8.34. The minimum atomic E-state index is -0.655. The quantitative estimate of drug-likeness (QED) is 0.690. The molecule has 3 N–H and O–H groups in total. The Labute approximate surface area is 91.0 Å². The van der Waals surface area contributed by atoms with E-state index in [1.807, 2.05) is 6.07 Å². The van der Waals surface area contributed by atoms with Crippen molar-refractivity contribution in [3.8, 4) is 17.1 Å². The normalized spacial score (nSPS) is 10.3. The average Bonchev–Trinajstić information content (AvgIpc) is 2.33. The molecule has 1 heterocycles. The maximum Gasteiger partial charge on any atom is 0.293 e. The molecule has 0 radical (unpaired) electrons. The lowest BCUT2D eigenvalue weighted by atomic mass is 10.2. The van der Waals surface area contributed by atoms with Gasteiger partial charge in [0.15, 0.2) is 0 Å². The van der Waals surface area contributed by atoms with Gasteiger partial charge >= 0.3 is 0 Å². The Morgan fingerprint density at radius 1 is 1.25 bits per heavy atom. The molecule has 0 spiro atoms. The van der Waals surface area contributed by atoms with Crippen LogP contribution in [-0.4, -0.2) is 20.2 Å². The summed E-state index contributed by atoms with van der Waals surface area (Å²) in [5.74, 6) is -0.213. The van der Waals surface area contributed by atoms with Crippen molar-refractivity contribution in [3.63, 3.8) is 0 Å². The van der Waals surface area contributed by atoms with Gasteiger partial charge in [-0.1, -0.05) is 30.3 Å². The molecule has 1 aromatic carbocycles. The lowest BCUT2D eigenvalue weighted by Crippen LogP contribution is -2.11. The number of nitrogens with zero attached hydrogens (tertiary/aromatic N) is 1. The first-order chi connectivity index (χ1) is 7.72. The molecule has 5 heteroatoms. The van der Waals surface area contributed by atoms with Crippen LogP contribution >= 0.6 is 0 Å². The van der Waals surface area contributed by atoms with Crippen LogP contribution in [0.3, 0.4) is 0 Å². The molecular weight excluding hydrogens is 208 g/mol. The molecule has 0 atom stereocenters. The van der Waals surface area contributed by atoms with E-state index in [0.29, 0.717) is 11.4 Å². The molecule has 0 aliphatic carbocycles. The first-order valence-corrected chi connectivity index (χ1v) is 4.71. The Kier molecular flexibility index (Phi) is 2.70. The Morgan fingerprint density at radius 2 is 1.94 bits per heavy atom. The van der Waals surface area contributed by atoms with Crippen molar-refractivity contribution in [2.24, 2.45) is 0 Å². The van der Waals surface area contributed by atoms with Gasteiger partial charge in [0.2, 0.25) is 5.75 Å². The molecule has 5 nitrogen and oxygen atoms in total. The van der Waals surface area contributed by atoms with Gasteiger partial charge < -0.3 is 15.2 Å². The van der Waals surface area contributed by atoms with Gasteiger partial charge in [-0.25, -0.2) is 4.98 Å². The number of aromatic nitrogens is 2. The number of aliphatic hydroxyl groups excluding tert-OH is 1. The monoisotopic (exact) mass is 218 g/mol. The summed E-state index contributed by atoms with van der Waals surface area (Å²) in [5.41, 5.74) is 0.0369. The molecule has 0 unspecified atom stereocenters. The molecule has 2 aromatic rings. The number of rotatable bonds is 2. The van der Waals surface area contributed by atoms with E-state index in [2.05, 4.69) is 9.97 Å². The number of hydrogen-bond donors (Lipinski definition) is 3. The fourth-order valence-corrected chi connectivity index (χ4v) is 1.36. The summed E-state index contributed by atoms with van der Waals surface area (Å²) >= 11 is 0. The largest absolute Gasteiger partial charge is 0.502 e. The van der Waals surface area contributed by atoms with E-state index in [4.69, 9.17) is 5.11 Å². The third-order valence-corrected chi connectivity index (χ3v) is 2.16. The van der Waals surface area contributed by atoms with E-state index < -0.39 is 17.9 Å². The number of H-pyrrole nitrogens is 1. The summed E-state index contributed by atoms with van der Waals surface area (Å²) in [6.07, 6.45) is 0. The summed E-state index contributed by atoms with van der Waals surface area (Å²) in [6, 6.07) is 9.00. The third kappa shape index (κ3) is 1.80. The maximum atomic E-state index is 11.3. The molecule has 0 saturated carbocycles. The number of aromatic hydroxyl groups is 1. The molecule has 0 fully saturated rings. The second kappa shape index (κ2) is 4.16. The summed E-state index contributed by atoms with van der Waals surface area (Å²) in [7, 11) is 0. The lowest BCUT2D eigenvalue weighted by molar-refractivity contribution is 0.269. The predicted octanol–water partition coefficient (Wildman–Crippen LogP) is 0.635. The van der Waals surface area contributed by atoms with E-state index in [0.717, 1.165) is 0 Å². The SMILES string of the molecule is O=c1[nH]c(-c2ccccc2)nc(CO)c1O. The summed E-state index contributed by atoms with van der Waals surface area (Å²) in [4.78, 5) is 17.7. The first-order valence-electron chi connectivity index (χ1n) is 4.71. The summed E-state index contributed by atoms with van der Waals surface area (Å²) in [6.45, 7) is -0.477. The lowest BCUT2D eigenvalue weighted by Gasteiger charge is -2.04. The van der Waals surface area contributed by atoms with E-state index in [1.54, 1.807) is 24.3 Å². The van der Waals surface area contributed by atoms with Crippen LogP contribution in [0.2, 0.25) is 0 Å². The molecule has 1 aromatic heterocycles. The van der Waals surface area contributed by atoms with Crippen molar-refractivity contribution >= 4 is 0 Å². The first kappa shape index (κ1) is 10.4. The van der Waals surface area contributed by atoms with Crippen LogP contribution in [-0.2, 0) is 6.61 Å². The predicted molar refractivity (Wildman–Crippen MR) is 57.9 cm³/mol. The van der Waals surface area contributed by atoms with Gasteiger partial charge in [0.1, 0.15) is 11.5 Å². The fraction of sp³-hybridized carbons (Fsp3) is 0.0909. The minimum Gasteiger partial charge on any atom is -0.502 e. The number of aliphatic hydroxyl groups is 1. The van der Waals surface area contributed by atoms with Gasteiger partial charge in [-0.05, 0) is 0 Å². The smallest absolute Gasteiger partial charge is 0.293 e. The van der Waals surface area contributed by atoms with Gasteiger partial charge in [0.05, 0.1) is 6.61 Å². The van der Waals surface area contributed by atoms with Crippen LogP contribution in [0.5, 0.6) is 5.75 Å². The van der Waals surface area contributed by atoms with Gasteiger partial charge in [-0.3, -0.25) is 4.79 Å². The van der Waals surface area contributed by atoms with Crippen LogP contribution in [0.4, 0.5) is 0 Å². The second-order valence-electron chi connectivity index (χ2n) is 3.23. The molecule has 2 rings (SSSR count). The van der Waals surface area contributed by atoms with Gasteiger partial charge in [-0.15, -0.1) is 0 Å². The number of aromatic amines is 1. The van der Waals surface area contributed by atoms with Crippen molar-refractivity contribution < 1.29 is 10.2 Å². The number of hydrogen-bond acceptors (Lipinski definition) is 4. The molecular formula is C11H10N2O3. The van der Waals surface area contributed by atoms with Crippen LogP contribution < -0.4 is 5.56 Å². The molecule has 0 bridgehead atoms. The Bertz CT molecular complexity index is 549. The zero-order valence-electron chi connectivity index (χ0n) is 8.34.